The minimum Gasteiger partial charge on any atom is -0.463 e. The zero-order valence-electron chi connectivity index (χ0n) is 20.8. The lowest BCUT2D eigenvalue weighted by molar-refractivity contribution is -0.143. The molecule has 31 heavy (non-hydrogen) atoms. The SMILES string of the molecule is CCCCCCCCCCCCCCCOC(=O)/C=C/C(=O)OC(C)CCCCCC. The second-order valence-corrected chi connectivity index (χ2v) is 8.84. The maximum Gasteiger partial charge on any atom is 0.331 e. The highest BCUT2D eigenvalue weighted by atomic mass is 16.5. The van der Waals surface area contributed by atoms with Gasteiger partial charge in [0, 0.05) is 12.2 Å². The molecule has 1 unspecified atom stereocenters. The topological polar surface area (TPSA) is 52.6 Å². The van der Waals surface area contributed by atoms with E-state index in [1.807, 2.05) is 6.92 Å². The summed E-state index contributed by atoms with van der Waals surface area (Å²) in [5.41, 5.74) is 0. The number of rotatable bonds is 22. The molecule has 0 bridgehead atoms. The summed E-state index contributed by atoms with van der Waals surface area (Å²) in [5.74, 6) is -0.938. The van der Waals surface area contributed by atoms with E-state index in [9.17, 15) is 9.59 Å². The van der Waals surface area contributed by atoms with Crippen LogP contribution in [0.4, 0.5) is 0 Å². The fraction of sp³-hybridized carbons (Fsp3) is 0.852. The number of ether oxygens (including phenoxy) is 2. The molecule has 1 atom stereocenters. The molecule has 0 saturated heterocycles. The van der Waals surface area contributed by atoms with Crippen molar-refractivity contribution >= 4 is 11.9 Å². The van der Waals surface area contributed by atoms with Crippen LogP contribution in [0.3, 0.4) is 0 Å². The van der Waals surface area contributed by atoms with Gasteiger partial charge in [-0.3, -0.25) is 0 Å². The van der Waals surface area contributed by atoms with E-state index in [1.165, 1.54) is 102 Å². The number of esters is 2. The Kier molecular flexibility index (Phi) is 22.4. The smallest absolute Gasteiger partial charge is 0.331 e. The largest absolute Gasteiger partial charge is 0.463 e. The summed E-state index contributed by atoms with van der Waals surface area (Å²) in [5, 5.41) is 0. The molecule has 0 aromatic heterocycles. The first-order valence-electron chi connectivity index (χ1n) is 13.2. The third-order valence-electron chi connectivity index (χ3n) is 5.63. The predicted molar refractivity (Wildman–Crippen MR) is 130 cm³/mol. The van der Waals surface area contributed by atoms with Crippen LogP contribution < -0.4 is 0 Å². The summed E-state index contributed by atoms with van der Waals surface area (Å²) in [6.07, 6.45) is 24.5. The van der Waals surface area contributed by atoms with Crippen LogP contribution in [0.2, 0.25) is 0 Å². The lowest BCUT2D eigenvalue weighted by Gasteiger charge is -2.11. The first-order chi connectivity index (χ1) is 15.1. The van der Waals surface area contributed by atoms with Gasteiger partial charge in [-0.15, -0.1) is 0 Å². The van der Waals surface area contributed by atoms with E-state index in [1.54, 1.807) is 0 Å². The van der Waals surface area contributed by atoms with Crippen molar-refractivity contribution in [3.8, 4) is 0 Å². The molecule has 0 fully saturated rings. The standard InChI is InChI=1S/C27H50O4/c1-4-6-8-10-11-12-13-14-15-16-17-18-20-24-30-26(28)22-23-27(29)31-25(3)21-19-9-7-5-2/h22-23,25H,4-21,24H2,1-3H3/b23-22+. The summed E-state index contributed by atoms with van der Waals surface area (Å²) < 4.78 is 10.4. The Hall–Kier alpha value is -1.32. The molecule has 0 rings (SSSR count). The molecule has 0 saturated carbocycles. The van der Waals surface area contributed by atoms with Gasteiger partial charge in [-0.25, -0.2) is 9.59 Å². The maximum absolute atomic E-state index is 11.7. The average Bonchev–Trinajstić information content (AvgIpc) is 2.75. The summed E-state index contributed by atoms with van der Waals surface area (Å²) in [6.45, 7) is 6.75. The summed E-state index contributed by atoms with van der Waals surface area (Å²) in [6, 6.07) is 0. The van der Waals surface area contributed by atoms with Crippen LogP contribution in [0.25, 0.3) is 0 Å². The minimum absolute atomic E-state index is 0.115. The molecule has 4 nitrogen and oxygen atoms in total. The first kappa shape index (κ1) is 29.7. The third kappa shape index (κ3) is 23.2. The van der Waals surface area contributed by atoms with Gasteiger partial charge >= 0.3 is 11.9 Å². The van der Waals surface area contributed by atoms with Crippen LogP contribution >= 0.6 is 0 Å². The van der Waals surface area contributed by atoms with Crippen LogP contribution in [0.15, 0.2) is 12.2 Å². The average molecular weight is 439 g/mol. The van der Waals surface area contributed by atoms with E-state index in [2.05, 4.69) is 13.8 Å². The zero-order valence-corrected chi connectivity index (χ0v) is 20.8. The van der Waals surface area contributed by atoms with Gasteiger partial charge in [-0.05, 0) is 26.2 Å². The molecule has 0 aromatic carbocycles. The van der Waals surface area contributed by atoms with Crippen molar-refractivity contribution in [1.82, 2.24) is 0 Å². The Morgan fingerprint density at radius 1 is 0.613 bits per heavy atom. The zero-order chi connectivity index (χ0) is 23.0. The Bertz CT molecular complexity index is 445. The normalized spacial score (nSPS) is 12.2. The highest BCUT2D eigenvalue weighted by molar-refractivity contribution is 5.91. The van der Waals surface area contributed by atoms with Gasteiger partial charge in [-0.2, -0.15) is 0 Å². The van der Waals surface area contributed by atoms with E-state index in [4.69, 9.17) is 9.47 Å². The molecule has 0 radical (unpaired) electrons. The van der Waals surface area contributed by atoms with Crippen molar-refractivity contribution in [3.05, 3.63) is 12.2 Å². The van der Waals surface area contributed by atoms with Crippen molar-refractivity contribution in [3.63, 3.8) is 0 Å². The fourth-order valence-corrected chi connectivity index (χ4v) is 3.63. The predicted octanol–water partition coefficient (Wildman–Crippen LogP) is 8.08. The van der Waals surface area contributed by atoms with Gasteiger partial charge in [0.25, 0.3) is 0 Å². The lowest BCUT2D eigenvalue weighted by atomic mass is 10.0. The van der Waals surface area contributed by atoms with Crippen molar-refractivity contribution in [2.45, 2.75) is 142 Å². The highest BCUT2D eigenvalue weighted by Crippen LogP contribution is 2.12. The van der Waals surface area contributed by atoms with Crippen molar-refractivity contribution < 1.29 is 19.1 Å². The van der Waals surface area contributed by atoms with Crippen molar-refractivity contribution in [2.24, 2.45) is 0 Å². The van der Waals surface area contributed by atoms with Crippen molar-refractivity contribution in [1.29, 1.82) is 0 Å². The minimum atomic E-state index is -0.471. The monoisotopic (exact) mass is 438 g/mol. The second kappa shape index (κ2) is 23.3. The molecule has 0 heterocycles. The Morgan fingerprint density at radius 2 is 1.03 bits per heavy atom. The molecule has 0 aromatic rings. The quantitative estimate of drug-likeness (QED) is 0.0973. The molecule has 182 valence electrons. The van der Waals surface area contributed by atoms with E-state index in [0.29, 0.717) is 6.61 Å². The Labute approximate surface area is 192 Å². The van der Waals surface area contributed by atoms with Crippen LogP contribution in [-0.4, -0.2) is 24.6 Å². The van der Waals surface area contributed by atoms with Crippen LogP contribution in [0.1, 0.15) is 136 Å². The van der Waals surface area contributed by atoms with Crippen molar-refractivity contribution in [2.75, 3.05) is 6.61 Å². The van der Waals surface area contributed by atoms with Gasteiger partial charge < -0.3 is 9.47 Å². The lowest BCUT2D eigenvalue weighted by Crippen LogP contribution is -2.13. The molecular weight excluding hydrogens is 388 g/mol. The number of carbonyl (C=O) groups excluding carboxylic acids is 2. The first-order valence-corrected chi connectivity index (χ1v) is 13.2. The van der Waals surface area contributed by atoms with Gasteiger partial charge in [0.15, 0.2) is 0 Å². The van der Waals surface area contributed by atoms with Crippen LogP contribution in [0, 0.1) is 0 Å². The number of hydrogen-bond acceptors (Lipinski definition) is 4. The van der Waals surface area contributed by atoms with E-state index in [-0.39, 0.29) is 6.10 Å². The second-order valence-electron chi connectivity index (χ2n) is 8.84. The number of unbranched alkanes of at least 4 members (excludes halogenated alkanes) is 15. The fourth-order valence-electron chi connectivity index (χ4n) is 3.63. The molecule has 0 spiro atoms. The summed E-state index contributed by atoms with van der Waals surface area (Å²) in [7, 11) is 0. The molecule has 0 aliphatic carbocycles. The molecule has 0 amide bonds. The van der Waals surface area contributed by atoms with E-state index in [0.717, 1.165) is 25.7 Å². The van der Waals surface area contributed by atoms with Gasteiger partial charge in [0.05, 0.1) is 12.7 Å². The highest BCUT2D eigenvalue weighted by Gasteiger charge is 2.07. The van der Waals surface area contributed by atoms with E-state index >= 15 is 0 Å². The van der Waals surface area contributed by atoms with Crippen LogP contribution in [-0.2, 0) is 19.1 Å². The molecule has 0 N–H and O–H groups in total. The Morgan fingerprint density at radius 3 is 1.55 bits per heavy atom. The van der Waals surface area contributed by atoms with Gasteiger partial charge in [0.2, 0.25) is 0 Å². The molecule has 4 heteroatoms. The molecule has 0 aliphatic heterocycles. The third-order valence-corrected chi connectivity index (χ3v) is 5.63. The summed E-state index contributed by atoms with van der Waals surface area (Å²) in [4.78, 5) is 23.4. The maximum atomic E-state index is 11.7. The number of hydrogen-bond donors (Lipinski definition) is 0. The molecular formula is C27H50O4. The van der Waals surface area contributed by atoms with Gasteiger partial charge in [0.1, 0.15) is 0 Å². The van der Waals surface area contributed by atoms with E-state index < -0.39 is 11.9 Å². The summed E-state index contributed by atoms with van der Waals surface area (Å²) >= 11 is 0. The van der Waals surface area contributed by atoms with Crippen LogP contribution in [0.5, 0.6) is 0 Å². The van der Waals surface area contributed by atoms with Gasteiger partial charge in [-0.1, -0.05) is 110 Å². The molecule has 0 aliphatic rings. The number of carbonyl (C=O) groups is 2. The Balaban J connectivity index is 3.48.